The average Bonchev–Trinajstić information content (AvgIpc) is 3.67. The summed E-state index contributed by atoms with van der Waals surface area (Å²) in [5.41, 5.74) is 7.45. The van der Waals surface area contributed by atoms with Crippen LogP contribution in [0.4, 0.5) is 0 Å². The number of hydrogen-bond acceptors (Lipinski definition) is 11. The first-order valence-electron chi connectivity index (χ1n) is 27.1. The van der Waals surface area contributed by atoms with Gasteiger partial charge in [0.15, 0.2) is 0 Å². The maximum absolute atomic E-state index is 16.0. The first kappa shape index (κ1) is 52.5. The summed E-state index contributed by atoms with van der Waals surface area (Å²) >= 11 is 0. The smallest absolute Gasteiger partial charge is 0.292 e. The second-order valence-electron chi connectivity index (χ2n) is 21.8. The van der Waals surface area contributed by atoms with E-state index in [-0.39, 0.29) is 47.3 Å². The summed E-state index contributed by atoms with van der Waals surface area (Å²) in [6.07, 6.45) is 0.902. The molecule has 408 valence electrons. The molecule has 4 aliphatic rings. The van der Waals surface area contributed by atoms with Crippen molar-refractivity contribution < 1.29 is 46.2 Å². The van der Waals surface area contributed by atoms with E-state index in [1.54, 1.807) is 48.5 Å². The van der Waals surface area contributed by atoms with Crippen molar-refractivity contribution in [2.75, 3.05) is 0 Å². The summed E-state index contributed by atoms with van der Waals surface area (Å²) in [4.78, 5) is 0. The van der Waals surface area contributed by atoms with Crippen molar-refractivity contribution in [2.24, 2.45) is 0 Å². The summed E-state index contributed by atoms with van der Waals surface area (Å²) in [6, 6.07) is 66.7. The Bertz CT molecular complexity index is 4350. The topological polar surface area (TPSA) is 158 Å². The average molecular weight is 1170 g/mol. The quantitative estimate of drug-likeness (QED) is 0.0970. The van der Waals surface area contributed by atoms with Gasteiger partial charge < -0.3 is 27.9 Å². The molecule has 11 nitrogen and oxygen atoms in total. The number of nitrogens with zero attached hydrogens (tertiary/aromatic N) is 1. The molecule has 0 saturated carbocycles. The Morgan fingerprint density at radius 2 is 0.627 bits per heavy atom. The third kappa shape index (κ3) is 8.79. The zero-order chi connectivity index (χ0) is 56.9. The van der Waals surface area contributed by atoms with Gasteiger partial charge in [-0.1, -0.05) is 184 Å². The van der Waals surface area contributed by atoms with Gasteiger partial charge in [0.1, 0.15) is 34.5 Å². The molecule has 0 spiro atoms. The van der Waals surface area contributed by atoms with Crippen molar-refractivity contribution in [3.63, 3.8) is 0 Å². The van der Waals surface area contributed by atoms with Crippen LogP contribution in [-0.2, 0) is 48.3 Å². The van der Waals surface area contributed by atoms with Crippen LogP contribution in [0.2, 0.25) is 0 Å². The van der Waals surface area contributed by atoms with Crippen molar-refractivity contribution >= 4 is 50.7 Å². The molecule has 83 heavy (non-hydrogen) atoms. The van der Waals surface area contributed by atoms with Crippen LogP contribution in [0.1, 0.15) is 47.2 Å². The molecular formula is C68H51NO10P4. The van der Waals surface area contributed by atoms with Gasteiger partial charge in [0.2, 0.25) is 0 Å². The molecule has 10 aromatic carbocycles. The lowest BCUT2D eigenvalue weighted by Gasteiger charge is -2.33. The maximum atomic E-state index is 16.0. The van der Waals surface area contributed by atoms with Crippen LogP contribution in [0.3, 0.4) is 0 Å². The highest BCUT2D eigenvalue weighted by molar-refractivity contribution is 7.68. The van der Waals surface area contributed by atoms with Gasteiger partial charge in [-0.25, -0.2) is 0 Å². The molecular weight excluding hydrogens is 1110 g/mol. The predicted octanol–water partition coefficient (Wildman–Crippen LogP) is 16.2. The molecule has 0 bridgehead atoms. The molecule has 14 rings (SSSR count). The number of fused-ring (bicyclic) bond motifs is 12. The number of phenolic OH excluding ortho intramolecular Hbond substituents is 1. The Morgan fingerprint density at radius 3 is 0.916 bits per heavy atom. The predicted molar refractivity (Wildman–Crippen MR) is 327 cm³/mol. The Balaban J connectivity index is 0.964. The normalized spacial score (nSPS) is 20.2. The van der Waals surface area contributed by atoms with Crippen LogP contribution in [0.5, 0.6) is 34.5 Å². The summed E-state index contributed by atoms with van der Waals surface area (Å²) in [5.74, 6) is 1.61. The highest BCUT2D eigenvalue weighted by Gasteiger charge is 2.44. The molecule has 0 aliphatic carbocycles. The molecule has 4 heterocycles. The van der Waals surface area contributed by atoms with E-state index >= 15 is 18.3 Å². The zero-order valence-corrected chi connectivity index (χ0v) is 48.5. The molecule has 15 heteroatoms. The lowest BCUT2D eigenvalue weighted by Crippen LogP contribution is -2.24. The zero-order valence-electron chi connectivity index (χ0n) is 45.0. The van der Waals surface area contributed by atoms with Crippen LogP contribution in [0, 0.1) is 11.5 Å². The van der Waals surface area contributed by atoms with Crippen LogP contribution in [-0.4, -0.2) is 5.11 Å². The Hall–Kier alpha value is -8.59. The van der Waals surface area contributed by atoms with Gasteiger partial charge in [-0.2, -0.15) is 0 Å². The van der Waals surface area contributed by atoms with E-state index in [1.807, 2.05) is 190 Å². The molecule has 0 radical (unpaired) electrons. The third-order valence-electron chi connectivity index (χ3n) is 16.4. The number of rotatable bonds is 11. The second kappa shape index (κ2) is 19.8. The number of benzene rings is 10. The highest BCUT2D eigenvalue weighted by atomic mass is 31.2. The Labute approximate surface area is 480 Å². The Kier molecular flexibility index (Phi) is 12.5. The number of phenols is 1. The van der Waals surface area contributed by atoms with E-state index in [4.69, 9.17) is 22.8 Å². The maximum Gasteiger partial charge on any atom is 0.292 e. The van der Waals surface area contributed by atoms with E-state index in [1.165, 1.54) is 0 Å². The van der Waals surface area contributed by atoms with E-state index in [0.717, 1.165) is 44.5 Å². The fourth-order valence-electron chi connectivity index (χ4n) is 12.3. The largest absolute Gasteiger partial charge is 0.507 e. The molecule has 4 aliphatic heterocycles. The number of para-hydroxylation sites is 4. The first-order valence-corrected chi connectivity index (χ1v) is 34.4. The number of aromatic hydroxyl groups is 1. The van der Waals surface area contributed by atoms with Crippen molar-refractivity contribution in [3.05, 3.63) is 252 Å². The monoisotopic (exact) mass is 1170 g/mol. The summed E-state index contributed by atoms with van der Waals surface area (Å²) in [7, 11) is -15.6. The van der Waals surface area contributed by atoms with Gasteiger partial charge >= 0.3 is 0 Å². The second-order valence-corrected chi connectivity index (χ2v) is 31.1. The minimum atomic E-state index is -3.92. The van der Waals surface area contributed by atoms with Crippen LogP contribution < -0.4 is 44.1 Å². The third-order valence-corrected chi connectivity index (χ3v) is 25.9. The molecule has 10 aromatic rings. The van der Waals surface area contributed by atoms with E-state index in [0.29, 0.717) is 66.5 Å². The minimum Gasteiger partial charge on any atom is -0.507 e. The number of nitriles is 1. The van der Waals surface area contributed by atoms with Crippen LogP contribution in [0.15, 0.2) is 218 Å². The van der Waals surface area contributed by atoms with Gasteiger partial charge in [0.05, 0.1) is 45.9 Å². The van der Waals surface area contributed by atoms with Gasteiger partial charge in [-0.15, -0.1) is 5.26 Å². The fraction of sp³-hybridized carbons (Fsp3) is 0.103. The van der Waals surface area contributed by atoms with Crippen LogP contribution >= 0.6 is 29.5 Å². The fourth-order valence-corrected chi connectivity index (χ4v) is 21.8. The van der Waals surface area contributed by atoms with E-state index in [2.05, 4.69) is 0 Å². The van der Waals surface area contributed by atoms with Gasteiger partial charge in [0.25, 0.3) is 35.7 Å². The molecule has 0 aromatic heterocycles. The van der Waals surface area contributed by atoms with Crippen molar-refractivity contribution in [1.29, 1.82) is 5.26 Å². The summed E-state index contributed by atoms with van der Waals surface area (Å²) in [6.45, 7) is 3.96. The van der Waals surface area contributed by atoms with Gasteiger partial charge in [0, 0.05) is 49.9 Å². The van der Waals surface area contributed by atoms with Gasteiger partial charge in [-0.3, -0.25) is 18.3 Å². The van der Waals surface area contributed by atoms with Crippen molar-refractivity contribution in [2.45, 2.75) is 43.9 Å². The molecule has 4 unspecified atom stereocenters. The molecule has 0 amide bonds. The first-order chi connectivity index (χ1) is 40.2. The highest BCUT2D eigenvalue weighted by Crippen LogP contribution is 2.63. The van der Waals surface area contributed by atoms with E-state index < -0.39 is 34.9 Å². The van der Waals surface area contributed by atoms with Crippen molar-refractivity contribution in [3.8, 4) is 85.3 Å². The molecule has 0 fully saturated rings. The van der Waals surface area contributed by atoms with E-state index in [9.17, 15) is 10.4 Å². The lowest BCUT2D eigenvalue weighted by molar-refractivity contribution is 0.455. The van der Waals surface area contributed by atoms with Crippen LogP contribution in [0.25, 0.3) is 44.5 Å². The number of ether oxygens (including phenoxy) is 1. The minimum absolute atomic E-state index is 0.0578. The summed E-state index contributed by atoms with van der Waals surface area (Å²) < 4.78 is 96.1. The SMILES string of the molecule is CC(C)(c1cc(CP2(=O)Oc3ccccc3-c3ccccc32)c(O)c(CP2(=O)Oc3ccccc3-c3ccccc32)c1)c1cc(CP2(=O)Oc3ccccc3-c3ccccc32)c(OC#N)c(CP2(=O)Oc3ccccc3-c3ccccc32)c1. The molecule has 4 atom stereocenters. The van der Waals surface area contributed by atoms with Crippen molar-refractivity contribution in [1.82, 2.24) is 0 Å². The molecule has 1 N–H and O–H groups in total. The molecule has 0 saturated heterocycles. The lowest BCUT2D eigenvalue weighted by atomic mass is 9.76. The standard InChI is InChI=1S/C68H51NO10P4/c1-68(2,48-35-44(39-80(71)62-31-15-7-23-54(62)50-19-3-11-27-58(50)76-80)66(70)45(36-48)40-81(72)63-32-16-8-24-55(63)51-20-4-12-28-59(51)77-81)49-37-46(41-82(73)64-33-17-9-25-56(64)52-21-5-13-29-60(52)78-82)67(75-43-69)47(38-49)42-83(74)65-34-18-10-26-57(65)53-22-6-14-30-61(53)79-83/h3-38,70H,39-42H2,1-2H3. The Morgan fingerprint density at radius 1 is 0.386 bits per heavy atom. The number of hydrogen-bond donors (Lipinski definition) is 1. The summed E-state index contributed by atoms with van der Waals surface area (Å²) in [5, 5.41) is 25.4. The van der Waals surface area contributed by atoms with Gasteiger partial charge in [-0.05, 0) is 81.9 Å².